The predicted octanol–water partition coefficient (Wildman–Crippen LogP) is 1.64. The molecule has 0 atom stereocenters. The van der Waals surface area contributed by atoms with Crippen LogP contribution in [0, 0.1) is 13.8 Å². The van der Waals surface area contributed by atoms with Gasteiger partial charge in [0.2, 0.25) is 5.91 Å². The lowest BCUT2D eigenvalue weighted by Gasteiger charge is -2.15. The lowest BCUT2D eigenvalue weighted by molar-refractivity contribution is -0.122. The topological polar surface area (TPSA) is 58.4 Å². The van der Waals surface area contributed by atoms with Crippen LogP contribution in [-0.2, 0) is 11.3 Å². The summed E-state index contributed by atoms with van der Waals surface area (Å²) in [7, 11) is 1.92. The number of nitrogens with one attached hydrogen (secondary N) is 1. The van der Waals surface area contributed by atoms with Gasteiger partial charge in [-0.2, -0.15) is 0 Å². The average molecular weight is 253 g/mol. The maximum absolute atomic E-state index is 11.6. The van der Waals surface area contributed by atoms with Crippen LogP contribution in [0.15, 0.2) is 4.52 Å². The van der Waals surface area contributed by atoms with Crippen LogP contribution in [0.1, 0.15) is 36.8 Å². The van der Waals surface area contributed by atoms with Gasteiger partial charge in [0, 0.05) is 18.7 Å². The highest BCUT2D eigenvalue weighted by Gasteiger charge is 2.13. The SMILES string of the molecule is CCCCNC(=O)CN(C)Cc1c(C)noc1C. The second-order valence-electron chi connectivity index (χ2n) is 4.68. The largest absolute Gasteiger partial charge is 0.361 e. The minimum absolute atomic E-state index is 0.0673. The van der Waals surface area contributed by atoms with Gasteiger partial charge in [-0.05, 0) is 27.3 Å². The van der Waals surface area contributed by atoms with Crippen molar-refractivity contribution in [2.24, 2.45) is 0 Å². The summed E-state index contributed by atoms with van der Waals surface area (Å²) in [5.74, 6) is 0.892. The quantitative estimate of drug-likeness (QED) is 0.750. The highest BCUT2D eigenvalue weighted by molar-refractivity contribution is 5.77. The Hall–Kier alpha value is -1.36. The van der Waals surface area contributed by atoms with Crippen LogP contribution in [0.4, 0.5) is 0 Å². The first-order valence-electron chi connectivity index (χ1n) is 6.41. The Morgan fingerprint density at radius 3 is 2.72 bits per heavy atom. The molecule has 1 rings (SSSR count). The molecule has 102 valence electrons. The van der Waals surface area contributed by atoms with Crippen LogP contribution in [0.2, 0.25) is 0 Å². The van der Waals surface area contributed by atoms with E-state index < -0.39 is 0 Å². The molecule has 0 saturated heterocycles. The zero-order valence-electron chi connectivity index (χ0n) is 11.7. The van der Waals surface area contributed by atoms with Crippen molar-refractivity contribution in [3.8, 4) is 0 Å². The average Bonchev–Trinajstić information content (AvgIpc) is 2.61. The third kappa shape index (κ3) is 4.49. The number of aromatic nitrogens is 1. The molecule has 1 N–H and O–H groups in total. The molecule has 1 aromatic heterocycles. The maximum Gasteiger partial charge on any atom is 0.234 e. The van der Waals surface area contributed by atoms with E-state index in [0.29, 0.717) is 13.1 Å². The number of unbranched alkanes of at least 4 members (excludes halogenated alkanes) is 1. The fourth-order valence-corrected chi connectivity index (χ4v) is 1.76. The predicted molar refractivity (Wildman–Crippen MR) is 70.2 cm³/mol. The van der Waals surface area contributed by atoms with Crippen LogP contribution < -0.4 is 5.32 Å². The Kier molecular flexibility index (Phi) is 5.85. The summed E-state index contributed by atoms with van der Waals surface area (Å²) < 4.78 is 5.10. The molecule has 1 amide bonds. The molecule has 5 heteroatoms. The molecule has 0 radical (unpaired) electrons. The molecular formula is C13H23N3O2. The molecule has 0 aromatic carbocycles. The first kappa shape index (κ1) is 14.7. The van der Waals surface area contributed by atoms with Gasteiger partial charge in [0.25, 0.3) is 0 Å². The highest BCUT2D eigenvalue weighted by atomic mass is 16.5. The lowest BCUT2D eigenvalue weighted by atomic mass is 10.2. The molecule has 1 heterocycles. The van der Waals surface area contributed by atoms with Crippen LogP contribution in [0.25, 0.3) is 0 Å². The van der Waals surface area contributed by atoms with Gasteiger partial charge in [-0.3, -0.25) is 9.69 Å². The standard InChI is InChI=1S/C13H23N3O2/c1-5-6-7-14-13(17)9-16(4)8-12-10(2)15-18-11(12)3/h5-9H2,1-4H3,(H,14,17). The minimum Gasteiger partial charge on any atom is -0.361 e. The van der Waals surface area contributed by atoms with Crippen molar-refractivity contribution in [3.05, 3.63) is 17.0 Å². The van der Waals surface area contributed by atoms with E-state index in [-0.39, 0.29) is 5.91 Å². The third-order valence-electron chi connectivity index (χ3n) is 2.88. The lowest BCUT2D eigenvalue weighted by Crippen LogP contribution is -2.35. The molecule has 0 aliphatic heterocycles. The van der Waals surface area contributed by atoms with E-state index in [1.165, 1.54) is 0 Å². The Balaban J connectivity index is 2.37. The number of rotatable bonds is 7. The molecule has 5 nitrogen and oxygen atoms in total. The maximum atomic E-state index is 11.6. The fraction of sp³-hybridized carbons (Fsp3) is 0.692. The van der Waals surface area contributed by atoms with Crippen molar-refractivity contribution < 1.29 is 9.32 Å². The molecule has 0 aliphatic rings. The van der Waals surface area contributed by atoms with Gasteiger partial charge in [-0.25, -0.2) is 0 Å². The normalized spacial score (nSPS) is 10.9. The van der Waals surface area contributed by atoms with E-state index in [1.807, 2.05) is 25.8 Å². The first-order valence-corrected chi connectivity index (χ1v) is 6.41. The third-order valence-corrected chi connectivity index (χ3v) is 2.88. The summed E-state index contributed by atoms with van der Waals surface area (Å²) in [6, 6.07) is 0. The van der Waals surface area contributed by atoms with Crippen LogP contribution in [-0.4, -0.2) is 36.1 Å². The Morgan fingerprint density at radius 1 is 1.44 bits per heavy atom. The summed E-state index contributed by atoms with van der Waals surface area (Å²) in [5.41, 5.74) is 1.96. The second kappa shape index (κ2) is 7.16. The van der Waals surface area contributed by atoms with Gasteiger partial charge in [0.05, 0.1) is 12.2 Å². The number of carbonyl (C=O) groups is 1. The smallest absolute Gasteiger partial charge is 0.234 e. The minimum atomic E-state index is 0.0673. The van der Waals surface area contributed by atoms with E-state index in [4.69, 9.17) is 4.52 Å². The van der Waals surface area contributed by atoms with E-state index in [0.717, 1.165) is 36.4 Å². The molecule has 0 aliphatic carbocycles. The van der Waals surface area contributed by atoms with Gasteiger partial charge in [-0.1, -0.05) is 18.5 Å². The van der Waals surface area contributed by atoms with E-state index in [9.17, 15) is 4.79 Å². The highest BCUT2D eigenvalue weighted by Crippen LogP contribution is 2.13. The number of carbonyl (C=O) groups excluding carboxylic acids is 1. The molecule has 0 bridgehead atoms. The van der Waals surface area contributed by atoms with Crippen molar-refractivity contribution in [1.82, 2.24) is 15.4 Å². The summed E-state index contributed by atoms with van der Waals surface area (Å²) in [5, 5.41) is 6.81. The van der Waals surface area contributed by atoms with Gasteiger partial charge in [0.15, 0.2) is 0 Å². The number of amides is 1. The van der Waals surface area contributed by atoms with E-state index >= 15 is 0 Å². The molecule has 0 spiro atoms. The van der Waals surface area contributed by atoms with E-state index in [1.54, 1.807) is 0 Å². The molecule has 18 heavy (non-hydrogen) atoms. The number of aryl methyl sites for hydroxylation is 2. The zero-order valence-corrected chi connectivity index (χ0v) is 11.7. The Labute approximate surface area is 109 Å². The summed E-state index contributed by atoms with van der Waals surface area (Å²) in [6.07, 6.45) is 2.12. The molecule has 0 fully saturated rings. The molecule has 0 unspecified atom stereocenters. The number of nitrogens with zero attached hydrogens (tertiary/aromatic N) is 2. The number of hydrogen-bond acceptors (Lipinski definition) is 4. The summed E-state index contributed by atoms with van der Waals surface area (Å²) in [4.78, 5) is 13.6. The van der Waals surface area contributed by atoms with Crippen molar-refractivity contribution in [2.75, 3.05) is 20.1 Å². The molecular weight excluding hydrogens is 230 g/mol. The van der Waals surface area contributed by atoms with Crippen LogP contribution in [0.5, 0.6) is 0 Å². The zero-order chi connectivity index (χ0) is 13.5. The monoisotopic (exact) mass is 253 g/mol. The van der Waals surface area contributed by atoms with Crippen molar-refractivity contribution in [3.63, 3.8) is 0 Å². The van der Waals surface area contributed by atoms with Gasteiger partial charge >= 0.3 is 0 Å². The summed E-state index contributed by atoms with van der Waals surface area (Å²) >= 11 is 0. The van der Waals surface area contributed by atoms with Crippen molar-refractivity contribution in [2.45, 2.75) is 40.2 Å². The summed E-state index contributed by atoms with van der Waals surface area (Å²) in [6.45, 7) is 7.76. The van der Waals surface area contributed by atoms with Gasteiger partial charge in [0.1, 0.15) is 5.76 Å². The second-order valence-corrected chi connectivity index (χ2v) is 4.68. The number of hydrogen-bond donors (Lipinski definition) is 1. The first-order chi connectivity index (χ1) is 8.54. The van der Waals surface area contributed by atoms with Crippen LogP contribution >= 0.6 is 0 Å². The Bertz CT molecular complexity index is 368. The van der Waals surface area contributed by atoms with Crippen molar-refractivity contribution in [1.29, 1.82) is 0 Å². The number of likely N-dealkylation sites (N-methyl/N-ethyl adjacent to an activating group) is 1. The van der Waals surface area contributed by atoms with Gasteiger partial charge < -0.3 is 9.84 Å². The Morgan fingerprint density at radius 2 is 2.17 bits per heavy atom. The van der Waals surface area contributed by atoms with E-state index in [2.05, 4.69) is 17.4 Å². The van der Waals surface area contributed by atoms with Crippen LogP contribution in [0.3, 0.4) is 0 Å². The molecule has 0 saturated carbocycles. The fourth-order valence-electron chi connectivity index (χ4n) is 1.76. The van der Waals surface area contributed by atoms with Crippen molar-refractivity contribution >= 4 is 5.91 Å². The van der Waals surface area contributed by atoms with Gasteiger partial charge in [-0.15, -0.1) is 0 Å². The molecule has 1 aromatic rings.